The van der Waals surface area contributed by atoms with Gasteiger partial charge < -0.3 is 25.1 Å². The molecule has 5 rings (SSSR count). The first-order valence-corrected chi connectivity index (χ1v) is 12.9. The van der Waals surface area contributed by atoms with E-state index in [1.807, 2.05) is 24.3 Å². The Morgan fingerprint density at radius 1 is 0.946 bits per heavy atom. The molecule has 2 aromatic heterocycles. The van der Waals surface area contributed by atoms with Crippen molar-refractivity contribution in [1.29, 1.82) is 0 Å². The van der Waals surface area contributed by atoms with Crippen LogP contribution < -0.4 is 20.7 Å². The molecule has 0 atom stereocenters. The molecule has 2 aliphatic rings. The molecule has 196 valence electrons. The summed E-state index contributed by atoms with van der Waals surface area (Å²) in [4.78, 5) is 40.5. The summed E-state index contributed by atoms with van der Waals surface area (Å²) in [6, 6.07) is 7.94. The maximum absolute atomic E-state index is 12.6. The molecule has 11 heteroatoms. The second-order valence-corrected chi connectivity index (χ2v) is 10.2. The molecule has 0 bridgehead atoms. The number of aromatic nitrogens is 4. The zero-order valence-corrected chi connectivity index (χ0v) is 21.4. The standard InChI is InChI=1S/C26H34N8O3/c1-26(2,37)24(36)33-15-13-32(14-16-33)19-9-7-18(8-10-19)28-22-21-20(17-27-31-23(21)35)29-25(30-22)34-11-5-3-4-6-12-34/h7-10,17,37H,3-6,11-16H2,1-2H3,(H,31,35)(H,28,29,30). The van der Waals surface area contributed by atoms with Crippen molar-refractivity contribution in [2.45, 2.75) is 45.1 Å². The lowest BCUT2D eigenvalue weighted by atomic mass is 10.1. The van der Waals surface area contributed by atoms with Gasteiger partial charge in [-0.2, -0.15) is 10.1 Å². The normalized spacial score (nSPS) is 17.1. The number of hydrogen-bond acceptors (Lipinski definition) is 9. The number of anilines is 4. The molecule has 11 nitrogen and oxygen atoms in total. The smallest absolute Gasteiger partial charge is 0.277 e. The van der Waals surface area contributed by atoms with Gasteiger partial charge in [-0.05, 0) is 51.0 Å². The number of aliphatic hydroxyl groups is 1. The second-order valence-electron chi connectivity index (χ2n) is 10.2. The topological polar surface area (TPSA) is 131 Å². The van der Waals surface area contributed by atoms with E-state index in [2.05, 4.69) is 30.3 Å². The number of carbonyl (C=O) groups is 1. The third-order valence-electron chi connectivity index (χ3n) is 6.98. The number of fused-ring (bicyclic) bond motifs is 1. The SMILES string of the molecule is CC(C)(O)C(=O)N1CCN(c2ccc(Nc3nc(N4CCCCCC4)nc4cn[nH]c(=O)c34)cc2)CC1. The fraction of sp³-hybridized carbons (Fsp3) is 0.500. The van der Waals surface area contributed by atoms with Crippen LogP contribution in [0.2, 0.25) is 0 Å². The molecule has 0 spiro atoms. The van der Waals surface area contributed by atoms with Gasteiger partial charge in [0, 0.05) is 50.6 Å². The van der Waals surface area contributed by atoms with Crippen molar-refractivity contribution in [2.75, 3.05) is 54.4 Å². The highest BCUT2D eigenvalue weighted by Gasteiger charge is 2.31. The monoisotopic (exact) mass is 506 g/mol. The lowest BCUT2D eigenvalue weighted by Crippen LogP contribution is -2.54. The predicted octanol–water partition coefficient (Wildman–Crippen LogP) is 2.26. The number of H-pyrrole nitrogens is 1. The molecule has 0 saturated carbocycles. The highest BCUT2D eigenvalue weighted by Crippen LogP contribution is 2.27. The maximum Gasteiger partial charge on any atom is 0.277 e. The predicted molar refractivity (Wildman–Crippen MR) is 143 cm³/mol. The van der Waals surface area contributed by atoms with Crippen molar-refractivity contribution in [3.8, 4) is 0 Å². The van der Waals surface area contributed by atoms with Crippen molar-refractivity contribution in [2.24, 2.45) is 0 Å². The van der Waals surface area contributed by atoms with E-state index in [0.717, 1.165) is 37.3 Å². The minimum atomic E-state index is -1.36. The average molecular weight is 507 g/mol. The van der Waals surface area contributed by atoms with Gasteiger partial charge in [0.05, 0.1) is 6.20 Å². The zero-order valence-electron chi connectivity index (χ0n) is 21.4. The van der Waals surface area contributed by atoms with Crippen LogP contribution in [0.25, 0.3) is 10.9 Å². The first-order chi connectivity index (χ1) is 17.8. The Morgan fingerprint density at radius 2 is 1.62 bits per heavy atom. The molecular weight excluding hydrogens is 472 g/mol. The van der Waals surface area contributed by atoms with E-state index in [9.17, 15) is 14.7 Å². The molecule has 4 heterocycles. The maximum atomic E-state index is 12.6. The fourth-order valence-electron chi connectivity index (χ4n) is 4.94. The summed E-state index contributed by atoms with van der Waals surface area (Å²) in [7, 11) is 0. The molecule has 2 saturated heterocycles. The van der Waals surface area contributed by atoms with Crippen LogP contribution in [0.3, 0.4) is 0 Å². The van der Waals surface area contributed by atoms with E-state index >= 15 is 0 Å². The number of amides is 1. The Labute approximate surface area is 215 Å². The average Bonchev–Trinajstić information content (AvgIpc) is 3.18. The lowest BCUT2D eigenvalue weighted by molar-refractivity contribution is -0.148. The van der Waals surface area contributed by atoms with E-state index < -0.39 is 5.60 Å². The van der Waals surface area contributed by atoms with Gasteiger partial charge in [0.15, 0.2) is 0 Å². The number of carbonyl (C=O) groups excluding carboxylic acids is 1. The van der Waals surface area contributed by atoms with E-state index in [-0.39, 0.29) is 11.5 Å². The second kappa shape index (κ2) is 10.3. The summed E-state index contributed by atoms with van der Waals surface area (Å²) >= 11 is 0. The van der Waals surface area contributed by atoms with E-state index in [4.69, 9.17) is 4.98 Å². The van der Waals surface area contributed by atoms with Crippen LogP contribution in [-0.2, 0) is 4.79 Å². The zero-order chi connectivity index (χ0) is 26.0. The number of nitrogens with one attached hydrogen (secondary N) is 2. The Kier molecular flexibility index (Phi) is 6.96. The number of aromatic amines is 1. The van der Waals surface area contributed by atoms with Gasteiger partial charge >= 0.3 is 0 Å². The largest absolute Gasteiger partial charge is 0.381 e. The number of hydrogen-bond donors (Lipinski definition) is 3. The highest BCUT2D eigenvalue weighted by atomic mass is 16.3. The number of piperazine rings is 1. The van der Waals surface area contributed by atoms with Crippen molar-refractivity contribution in [3.05, 3.63) is 40.8 Å². The van der Waals surface area contributed by atoms with Crippen molar-refractivity contribution >= 4 is 40.0 Å². The van der Waals surface area contributed by atoms with Crippen molar-refractivity contribution in [3.63, 3.8) is 0 Å². The molecule has 1 aromatic carbocycles. The molecule has 2 aliphatic heterocycles. The van der Waals surface area contributed by atoms with Crippen molar-refractivity contribution < 1.29 is 9.90 Å². The molecule has 0 radical (unpaired) electrons. The third kappa shape index (κ3) is 5.51. The van der Waals surface area contributed by atoms with Crippen molar-refractivity contribution in [1.82, 2.24) is 25.1 Å². The number of nitrogens with zero attached hydrogens (tertiary/aromatic N) is 6. The highest BCUT2D eigenvalue weighted by molar-refractivity contribution is 5.90. The number of benzene rings is 1. The molecule has 37 heavy (non-hydrogen) atoms. The minimum absolute atomic E-state index is 0.242. The summed E-state index contributed by atoms with van der Waals surface area (Å²) in [5, 5.41) is 20.2. The summed E-state index contributed by atoms with van der Waals surface area (Å²) in [5.74, 6) is 0.826. The van der Waals surface area contributed by atoms with E-state index in [1.165, 1.54) is 26.7 Å². The van der Waals surface area contributed by atoms with Crippen LogP contribution in [-0.4, -0.2) is 80.9 Å². The first-order valence-electron chi connectivity index (χ1n) is 12.9. The van der Waals surface area contributed by atoms with Gasteiger partial charge in [0.2, 0.25) is 5.95 Å². The summed E-state index contributed by atoms with van der Waals surface area (Å²) in [5.41, 5.74) is 0.664. The Balaban J connectivity index is 1.34. The fourth-order valence-corrected chi connectivity index (χ4v) is 4.94. The molecule has 0 aliphatic carbocycles. The van der Waals surface area contributed by atoms with Gasteiger partial charge in [0.25, 0.3) is 11.5 Å². The van der Waals surface area contributed by atoms with E-state index in [1.54, 1.807) is 11.1 Å². The Morgan fingerprint density at radius 3 is 2.27 bits per heavy atom. The molecule has 0 unspecified atom stereocenters. The molecule has 3 aromatic rings. The molecular formula is C26H34N8O3. The molecule has 3 N–H and O–H groups in total. The van der Waals surface area contributed by atoms with Crippen LogP contribution in [0.4, 0.5) is 23.1 Å². The first kappa shape index (κ1) is 24.9. The van der Waals surface area contributed by atoms with E-state index in [0.29, 0.717) is 48.8 Å². The summed E-state index contributed by atoms with van der Waals surface area (Å²) < 4.78 is 0. The van der Waals surface area contributed by atoms with Crippen LogP contribution >= 0.6 is 0 Å². The summed E-state index contributed by atoms with van der Waals surface area (Å²) in [6.07, 6.45) is 6.16. The van der Waals surface area contributed by atoms with Crippen LogP contribution in [0.15, 0.2) is 35.3 Å². The van der Waals surface area contributed by atoms with Gasteiger partial charge in [-0.3, -0.25) is 9.59 Å². The van der Waals surface area contributed by atoms with Gasteiger partial charge in [-0.1, -0.05) is 12.8 Å². The molecule has 1 amide bonds. The summed E-state index contributed by atoms with van der Waals surface area (Å²) in [6.45, 7) is 7.33. The van der Waals surface area contributed by atoms with Gasteiger partial charge in [-0.25, -0.2) is 10.1 Å². The quantitative estimate of drug-likeness (QED) is 0.477. The number of rotatable bonds is 5. The minimum Gasteiger partial charge on any atom is -0.381 e. The van der Waals surface area contributed by atoms with Crippen LogP contribution in [0.1, 0.15) is 39.5 Å². The van der Waals surface area contributed by atoms with Gasteiger partial charge in [0.1, 0.15) is 22.3 Å². The lowest BCUT2D eigenvalue weighted by Gasteiger charge is -2.38. The third-order valence-corrected chi connectivity index (χ3v) is 6.98. The van der Waals surface area contributed by atoms with Crippen LogP contribution in [0.5, 0.6) is 0 Å². The Bertz CT molecular complexity index is 1300. The molecule has 2 fully saturated rings. The van der Waals surface area contributed by atoms with Crippen LogP contribution in [0, 0.1) is 0 Å². The van der Waals surface area contributed by atoms with Gasteiger partial charge in [-0.15, -0.1) is 0 Å². The Hall–Kier alpha value is -3.73.